The van der Waals surface area contributed by atoms with Crippen molar-refractivity contribution in [2.45, 2.75) is 52.4 Å². The summed E-state index contributed by atoms with van der Waals surface area (Å²) in [4.78, 5) is 5.71. The molecule has 1 saturated heterocycles. The van der Waals surface area contributed by atoms with Gasteiger partial charge in [0.15, 0.2) is 10.7 Å². The summed E-state index contributed by atoms with van der Waals surface area (Å²) in [6.07, 6.45) is 6.56. The average Bonchev–Trinajstić information content (AvgIpc) is 3.10. The van der Waals surface area contributed by atoms with Gasteiger partial charge < -0.3 is 64.0 Å². The average molecular weight is 526 g/mol. The molecule has 0 spiro atoms. The minimum atomic E-state index is 0. The zero-order valence-corrected chi connectivity index (χ0v) is 22.6. The largest absolute Gasteiger partial charge is 2.00 e. The third kappa shape index (κ3) is 10.6. The summed E-state index contributed by atoms with van der Waals surface area (Å²) < 4.78 is 11.8. The number of diazo groups is 1. The van der Waals surface area contributed by atoms with Crippen LogP contribution in [0.3, 0.4) is 0 Å². The maximum absolute atomic E-state index is 9.30. The molecule has 28 heavy (non-hydrogen) atoms. The molecule has 0 unspecified atom stereocenters. The van der Waals surface area contributed by atoms with Gasteiger partial charge in [-0.2, -0.15) is 0 Å². The second-order valence-corrected chi connectivity index (χ2v) is 5.99. The molecule has 0 bridgehead atoms. The first-order chi connectivity index (χ1) is 11.3. The number of rotatable bonds is 9. The van der Waals surface area contributed by atoms with Crippen LogP contribution < -0.4 is 64.0 Å². The summed E-state index contributed by atoms with van der Waals surface area (Å²) in [7, 11) is 0. The Balaban J connectivity index is -0.000000576. The molecule has 158 valence electrons. The molecule has 1 aliphatic heterocycles. The van der Waals surface area contributed by atoms with E-state index in [1.165, 1.54) is 12.8 Å². The molecule has 1 fully saturated rings. The van der Waals surface area contributed by atoms with E-state index < -0.39 is 0 Å². The molecule has 0 aliphatic carbocycles. The van der Waals surface area contributed by atoms with Gasteiger partial charge in [0.05, 0.1) is 25.0 Å². The van der Waals surface area contributed by atoms with Gasteiger partial charge in [0, 0.05) is 19.2 Å². The van der Waals surface area contributed by atoms with Gasteiger partial charge in [-0.05, 0) is 25.7 Å². The van der Waals surface area contributed by atoms with Crippen LogP contribution in [0.25, 0.3) is 4.98 Å². The summed E-state index contributed by atoms with van der Waals surface area (Å²) in [6.45, 7) is 7.65. The van der Waals surface area contributed by atoms with Crippen molar-refractivity contribution in [2.75, 3.05) is 31.2 Å². The van der Waals surface area contributed by atoms with E-state index in [0.717, 1.165) is 50.2 Å². The summed E-state index contributed by atoms with van der Waals surface area (Å²) in [6, 6.07) is 3.77. The second kappa shape index (κ2) is 20.1. The quantitative estimate of drug-likeness (QED) is 0.183. The minimum absolute atomic E-state index is 0. The Hall–Kier alpha value is -0.177. The molecule has 1 heterocycles. The van der Waals surface area contributed by atoms with E-state index in [1.807, 2.05) is 6.07 Å². The Morgan fingerprint density at radius 2 is 1.39 bits per heavy atom. The molecular weight excluding hydrogens is 497 g/mol. The van der Waals surface area contributed by atoms with Crippen LogP contribution in [-0.4, -0.2) is 26.3 Å². The third-order valence-electron chi connectivity index (χ3n) is 4.11. The Kier molecular flexibility index (Phi) is 25.3. The summed E-state index contributed by atoms with van der Waals surface area (Å²) in [5.74, 6) is 1.42. The molecule has 1 aromatic carbocycles. The number of hydrogen-bond acceptors (Lipinski definition) is 4. The minimum Gasteiger partial charge on any atom is -1.00 e. The topological polar surface area (TPSA) is 49.9 Å². The van der Waals surface area contributed by atoms with Crippen LogP contribution in [0.5, 0.6) is 11.5 Å². The van der Waals surface area contributed by atoms with Crippen molar-refractivity contribution in [2.24, 2.45) is 0 Å². The number of hydrogen-bond donors (Lipinski definition) is 0. The summed E-state index contributed by atoms with van der Waals surface area (Å²) >= 11 is 0. The van der Waals surface area contributed by atoms with Crippen LogP contribution in [0, 0.1) is 5.39 Å². The standard InChI is InChI=1S/C18H28N3O2.4ClH.Zn/c1-3-5-11-22-17-14-16(21-9-7-8-10-21)18(13-15(17)20-19)23-12-6-4-2;;;;;/h13-14H,3-12H2,1-2H3;4*1H;/q+1;;;;;+2/p-4. The molecule has 10 heteroatoms. The van der Waals surface area contributed by atoms with Gasteiger partial charge >= 0.3 is 25.2 Å². The smallest absolute Gasteiger partial charge is 1.00 e. The number of halogens is 4. The zero-order valence-electron chi connectivity index (χ0n) is 16.6. The number of unbranched alkanes of at least 4 members (excludes halogenated alkanes) is 2. The van der Waals surface area contributed by atoms with Crippen LogP contribution in [0.2, 0.25) is 0 Å². The number of anilines is 1. The first kappa shape index (κ1) is 35.3. The molecule has 5 nitrogen and oxygen atoms in total. The normalized spacial score (nSPS) is 11.4. The van der Waals surface area contributed by atoms with Crippen molar-refractivity contribution in [3.8, 4) is 11.5 Å². The van der Waals surface area contributed by atoms with Crippen molar-refractivity contribution < 1.29 is 78.6 Å². The van der Waals surface area contributed by atoms with Gasteiger partial charge in [-0.1, -0.05) is 26.7 Å². The predicted molar refractivity (Wildman–Crippen MR) is 93.4 cm³/mol. The van der Waals surface area contributed by atoms with Crippen molar-refractivity contribution >= 4 is 11.4 Å². The van der Waals surface area contributed by atoms with E-state index in [2.05, 4.69) is 23.7 Å². The summed E-state index contributed by atoms with van der Waals surface area (Å²) in [5, 5.41) is 9.30. The Bertz CT molecular complexity index is 556. The number of benzene rings is 1. The fourth-order valence-electron chi connectivity index (χ4n) is 2.71. The zero-order chi connectivity index (χ0) is 16.5. The first-order valence-electron chi connectivity index (χ1n) is 8.83. The van der Waals surface area contributed by atoms with Gasteiger partial charge in [0.25, 0.3) is 0 Å². The van der Waals surface area contributed by atoms with Gasteiger partial charge in [-0.25, -0.2) is 0 Å². The van der Waals surface area contributed by atoms with E-state index in [-0.39, 0.29) is 69.1 Å². The van der Waals surface area contributed by atoms with E-state index in [1.54, 1.807) is 6.07 Å². The Morgan fingerprint density at radius 1 is 0.893 bits per heavy atom. The van der Waals surface area contributed by atoms with Gasteiger partial charge in [0.2, 0.25) is 11.1 Å². The van der Waals surface area contributed by atoms with E-state index in [0.29, 0.717) is 24.7 Å². The van der Waals surface area contributed by atoms with E-state index >= 15 is 0 Å². The van der Waals surface area contributed by atoms with Gasteiger partial charge in [-0.3, -0.25) is 0 Å². The molecule has 0 aromatic heterocycles. The molecular formula is C18H28Cl4N3O2Zn-. The molecule has 0 N–H and O–H groups in total. The van der Waals surface area contributed by atoms with E-state index in [9.17, 15) is 5.39 Å². The van der Waals surface area contributed by atoms with Crippen molar-refractivity contribution in [1.29, 1.82) is 5.39 Å². The Labute approximate surface area is 206 Å². The number of ether oxygens (including phenoxy) is 2. The monoisotopic (exact) mass is 522 g/mol. The summed E-state index contributed by atoms with van der Waals surface area (Å²) in [5.41, 5.74) is 1.49. The van der Waals surface area contributed by atoms with Crippen LogP contribution in [0.1, 0.15) is 52.4 Å². The molecule has 2 rings (SSSR count). The second-order valence-electron chi connectivity index (χ2n) is 5.99. The maximum atomic E-state index is 9.30. The Morgan fingerprint density at radius 3 is 1.86 bits per heavy atom. The SMILES string of the molecule is CCCCOc1cc(N2CCCC2)c(OCCCC)cc1[N+]#N.[Cl-].[Cl-].[Cl-].[Cl-].[Zn+2]. The molecule has 0 saturated carbocycles. The maximum Gasteiger partial charge on any atom is 2.00 e. The number of nitrogens with zero attached hydrogens (tertiary/aromatic N) is 3. The first-order valence-corrected chi connectivity index (χ1v) is 8.83. The van der Waals surface area contributed by atoms with Crippen LogP contribution in [0.15, 0.2) is 12.1 Å². The van der Waals surface area contributed by atoms with Gasteiger partial charge in [-0.15, -0.1) is 0 Å². The molecule has 0 atom stereocenters. The fourth-order valence-corrected chi connectivity index (χ4v) is 2.71. The van der Waals surface area contributed by atoms with Crippen molar-refractivity contribution in [3.05, 3.63) is 17.1 Å². The molecule has 0 amide bonds. The van der Waals surface area contributed by atoms with E-state index in [4.69, 9.17) is 9.47 Å². The van der Waals surface area contributed by atoms with Crippen LogP contribution >= 0.6 is 0 Å². The van der Waals surface area contributed by atoms with Gasteiger partial charge in [0.1, 0.15) is 0 Å². The van der Waals surface area contributed by atoms with Crippen LogP contribution in [0.4, 0.5) is 11.4 Å². The fraction of sp³-hybridized carbons (Fsp3) is 0.667. The third-order valence-corrected chi connectivity index (χ3v) is 4.11. The molecule has 1 aliphatic rings. The van der Waals surface area contributed by atoms with Crippen molar-refractivity contribution in [1.82, 2.24) is 0 Å². The van der Waals surface area contributed by atoms with Crippen molar-refractivity contribution in [3.63, 3.8) is 0 Å². The predicted octanol–water partition coefficient (Wildman–Crippen LogP) is -6.86. The van der Waals surface area contributed by atoms with Crippen LogP contribution in [-0.2, 0) is 19.5 Å². The molecule has 0 radical (unpaired) electrons. The molecule has 1 aromatic rings.